The van der Waals surface area contributed by atoms with Crippen LogP contribution in [-0.2, 0) is 4.74 Å². The lowest BCUT2D eigenvalue weighted by Crippen LogP contribution is -2.24. The lowest BCUT2D eigenvalue weighted by atomic mass is 10.1. The van der Waals surface area contributed by atoms with E-state index in [4.69, 9.17) is 4.74 Å². The van der Waals surface area contributed by atoms with Crippen LogP contribution in [0.4, 0.5) is 0 Å². The highest BCUT2D eigenvalue weighted by Crippen LogP contribution is 2.13. The molecule has 1 rings (SSSR count). The Bertz CT molecular complexity index is 309. The van der Waals surface area contributed by atoms with E-state index in [2.05, 4.69) is 57.3 Å². The third-order valence-corrected chi connectivity index (χ3v) is 2.55. The van der Waals surface area contributed by atoms with Crippen LogP contribution in [0, 0.1) is 6.92 Å². The summed E-state index contributed by atoms with van der Waals surface area (Å²) in [6.07, 6.45) is 0.316. The Morgan fingerprint density at radius 3 is 2.62 bits per heavy atom. The first kappa shape index (κ1) is 13.2. The summed E-state index contributed by atoms with van der Waals surface area (Å²) in [5.74, 6) is 0. The summed E-state index contributed by atoms with van der Waals surface area (Å²) in [7, 11) is 0. The Kier molecular flexibility index (Phi) is 5.50. The van der Waals surface area contributed by atoms with Gasteiger partial charge in [-0.15, -0.1) is 0 Å². The van der Waals surface area contributed by atoms with Crippen LogP contribution in [0.3, 0.4) is 0 Å². The van der Waals surface area contributed by atoms with Crippen molar-refractivity contribution in [1.82, 2.24) is 5.32 Å². The van der Waals surface area contributed by atoms with Gasteiger partial charge in [-0.3, -0.25) is 0 Å². The zero-order valence-corrected chi connectivity index (χ0v) is 10.8. The number of rotatable bonds is 6. The second-order valence-corrected chi connectivity index (χ2v) is 4.51. The molecule has 0 radical (unpaired) electrons. The first-order valence-electron chi connectivity index (χ1n) is 6.01. The number of nitrogens with one attached hydrogen (secondary N) is 1. The van der Waals surface area contributed by atoms with Gasteiger partial charge in [-0.1, -0.05) is 29.8 Å². The molecule has 1 atom stereocenters. The van der Waals surface area contributed by atoms with Crippen molar-refractivity contribution in [3.05, 3.63) is 35.4 Å². The van der Waals surface area contributed by atoms with Gasteiger partial charge in [0.15, 0.2) is 0 Å². The van der Waals surface area contributed by atoms with Crippen molar-refractivity contribution in [1.29, 1.82) is 0 Å². The first-order chi connectivity index (χ1) is 7.59. The molecule has 0 spiro atoms. The Balaban J connectivity index is 2.32. The molecule has 2 nitrogen and oxygen atoms in total. The molecule has 90 valence electrons. The fraction of sp³-hybridized carbons (Fsp3) is 0.571. The highest BCUT2D eigenvalue weighted by molar-refractivity contribution is 5.24. The fourth-order valence-corrected chi connectivity index (χ4v) is 1.63. The topological polar surface area (TPSA) is 21.3 Å². The molecule has 1 aromatic carbocycles. The number of hydrogen-bond donors (Lipinski definition) is 1. The van der Waals surface area contributed by atoms with E-state index in [-0.39, 0.29) is 0 Å². The average molecular weight is 221 g/mol. The van der Waals surface area contributed by atoms with Gasteiger partial charge >= 0.3 is 0 Å². The second-order valence-electron chi connectivity index (χ2n) is 4.51. The number of ether oxygens (including phenoxy) is 1. The average Bonchev–Trinajstić information content (AvgIpc) is 2.24. The quantitative estimate of drug-likeness (QED) is 0.745. The highest BCUT2D eigenvalue weighted by Gasteiger charge is 2.04. The van der Waals surface area contributed by atoms with Gasteiger partial charge in [0.1, 0.15) is 0 Å². The monoisotopic (exact) mass is 221 g/mol. The van der Waals surface area contributed by atoms with Crippen molar-refractivity contribution >= 4 is 0 Å². The fourth-order valence-electron chi connectivity index (χ4n) is 1.63. The van der Waals surface area contributed by atoms with E-state index >= 15 is 0 Å². The molecule has 0 fully saturated rings. The minimum atomic E-state index is 0.316. The largest absolute Gasteiger partial charge is 0.377 e. The summed E-state index contributed by atoms with van der Waals surface area (Å²) in [5, 5.41) is 3.46. The lowest BCUT2D eigenvalue weighted by Gasteiger charge is -2.15. The maximum Gasteiger partial charge on any atom is 0.0594 e. The zero-order chi connectivity index (χ0) is 12.0. The molecular formula is C14H23NO. The van der Waals surface area contributed by atoms with Crippen LogP contribution in [-0.4, -0.2) is 19.3 Å². The molecule has 1 aromatic rings. The molecule has 0 saturated heterocycles. The van der Waals surface area contributed by atoms with Crippen molar-refractivity contribution in [3.63, 3.8) is 0 Å². The van der Waals surface area contributed by atoms with E-state index in [1.165, 1.54) is 11.1 Å². The molecular weight excluding hydrogens is 198 g/mol. The third-order valence-electron chi connectivity index (χ3n) is 2.55. The van der Waals surface area contributed by atoms with Crippen LogP contribution in [0.2, 0.25) is 0 Å². The van der Waals surface area contributed by atoms with Crippen molar-refractivity contribution in [2.45, 2.75) is 39.8 Å². The summed E-state index contributed by atoms with van der Waals surface area (Å²) >= 11 is 0. The number of benzene rings is 1. The maximum absolute atomic E-state index is 5.49. The van der Waals surface area contributed by atoms with E-state index in [1.54, 1.807) is 0 Å². The van der Waals surface area contributed by atoms with Gasteiger partial charge in [0.25, 0.3) is 0 Å². The van der Waals surface area contributed by atoms with Crippen LogP contribution in [0.15, 0.2) is 24.3 Å². The molecule has 0 aliphatic heterocycles. The standard InChI is InChI=1S/C14H23NO/c1-11(2)16-9-8-15-13(4)14-7-5-6-12(3)10-14/h5-7,10-11,13,15H,8-9H2,1-4H3/t13-/m0/s1. The summed E-state index contributed by atoms with van der Waals surface area (Å²) in [4.78, 5) is 0. The van der Waals surface area contributed by atoms with E-state index < -0.39 is 0 Å². The predicted molar refractivity (Wildman–Crippen MR) is 68.7 cm³/mol. The molecule has 0 aliphatic rings. The van der Waals surface area contributed by atoms with E-state index in [1.807, 2.05) is 0 Å². The zero-order valence-electron chi connectivity index (χ0n) is 10.8. The van der Waals surface area contributed by atoms with Crippen molar-refractivity contribution in [2.24, 2.45) is 0 Å². The normalized spacial score (nSPS) is 13.1. The smallest absolute Gasteiger partial charge is 0.0594 e. The molecule has 1 N–H and O–H groups in total. The summed E-state index contributed by atoms with van der Waals surface area (Å²) < 4.78 is 5.49. The lowest BCUT2D eigenvalue weighted by molar-refractivity contribution is 0.0796. The first-order valence-corrected chi connectivity index (χ1v) is 6.01. The minimum absolute atomic E-state index is 0.316. The van der Waals surface area contributed by atoms with Crippen molar-refractivity contribution < 1.29 is 4.74 Å². The Labute approximate surface area is 99.0 Å². The van der Waals surface area contributed by atoms with E-state index in [9.17, 15) is 0 Å². The number of hydrogen-bond acceptors (Lipinski definition) is 2. The molecule has 2 heteroatoms. The molecule has 0 unspecified atom stereocenters. The van der Waals surface area contributed by atoms with Crippen LogP contribution >= 0.6 is 0 Å². The van der Waals surface area contributed by atoms with Gasteiger partial charge in [-0.2, -0.15) is 0 Å². The van der Waals surface area contributed by atoms with Gasteiger partial charge in [0, 0.05) is 12.6 Å². The van der Waals surface area contributed by atoms with Crippen LogP contribution in [0.1, 0.15) is 37.9 Å². The molecule has 0 aromatic heterocycles. The van der Waals surface area contributed by atoms with Gasteiger partial charge in [0.05, 0.1) is 12.7 Å². The van der Waals surface area contributed by atoms with Crippen molar-refractivity contribution in [3.8, 4) is 0 Å². The van der Waals surface area contributed by atoms with Crippen LogP contribution in [0.25, 0.3) is 0 Å². The summed E-state index contributed by atoms with van der Waals surface area (Å²) in [6, 6.07) is 9.00. The molecule has 0 amide bonds. The summed E-state index contributed by atoms with van der Waals surface area (Å²) in [6.45, 7) is 10.1. The van der Waals surface area contributed by atoms with Crippen LogP contribution in [0.5, 0.6) is 0 Å². The molecule has 16 heavy (non-hydrogen) atoms. The summed E-state index contributed by atoms with van der Waals surface area (Å²) in [5.41, 5.74) is 2.65. The van der Waals surface area contributed by atoms with E-state index in [0.29, 0.717) is 12.1 Å². The SMILES string of the molecule is Cc1cccc([C@H](C)NCCOC(C)C)c1. The predicted octanol–water partition coefficient (Wildman–Crippen LogP) is 3.07. The highest BCUT2D eigenvalue weighted by atomic mass is 16.5. The third kappa shape index (κ3) is 4.77. The Morgan fingerprint density at radius 1 is 1.25 bits per heavy atom. The second kappa shape index (κ2) is 6.66. The van der Waals surface area contributed by atoms with Gasteiger partial charge in [-0.05, 0) is 33.3 Å². The Hall–Kier alpha value is -0.860. The maximum atomic E-state index is 5.49. The van der Waals surface area contributed by atoms with Crippen molar-refractivity contribution in [2.75, 3.05) is 13.2 Å². The Morgan fingerprint density at radius 2 is 2.00 bits per heavy atom. The van der Waals surface area contributed by atoms with Gasteiger partial charge in [0.2, 0.25) is 0 Å². The minimum Gasteiger partial charge on any atom is -0.377 e. The van der Waals surface area contributed by atoms with E-state index in [0.717, 1.165) is 13.2 Å². The molecule has 0 aliphatic carbocycles. The molecule has 0 saturated carbocycles. The van der Waals surface area contributed by atoms with Gasteiger partial charge in [-0.25, -0.2) is 0 Å². The molecule has 0 bridgehead atoms. The molecule has 0 heterocycles. The van der Waals surface area contributed by atoms with Crippen LogP contribution < -0.4 is 5.32 Å². The van der Waals surface area contributed by atoms with Gasteiger partial charge < -0.3 is 10.1 Å². The number of aryl methyl sites for hydroxylation is 1.